The molecule has 1 aromatic carbocycles. The van der Waals surface area contributed by atoms with E-state index in [1.807, 2.05) is 20.8 Å². The molecule has 100 valence electrons. The molecule has 0 spiro atoms. The highest BCUT2D eigenvalue weighted by molar-refractivity contribution is 6.29. The molecule has 0 saturated heterocycles. The van der Waals surface area contributed by atoms with E-state index in [1.165, 1.54) is 12.1 Å². The third-order valence-corrected chi connectivity index (χ3v) is 2.87. The highest BCUT2D eigenvalue weighted by Crippen LogP contribution is 2.23. The molecule has 1 heterocycles. The zero-order chi connectivity index (χ0) is 14.0. The van der Waals surface area contributed by atoms with Gasteiger partial charge >= 0.3 is 0 Å². The Kier molecular flexibility index (Phi) is 4.00. The summed E-state index contributed by atoms with van der Waals surface area (Å²) in [6.45, 7) is 5.83. The lowest BCUT2D eigenvalue weighted by molar-refractivity contribution is 0.627. The third kappa shape index (κ3) is 3.41. The van der Waals surface area contributed by atoms with Crippen molar-refractivity contribution >= 4 is 23.1 Å². The van der Waals surface area contributed by atoms with Crippen LogP contribution in [0.1, 0.15) is 31.2 Å². The fraction of sp³-hybridized carbons (Fsp3) is 0.286. The van der Waals surface area contributed by atoms with E-state index < -0.39 is 0 Å². The van der Waals surface area contributed by atoms with E-state index in [-0.39, 0.29) is 11.7 Å². The number of hydrogen-bond donors (Lipinski definition) is 1. The molecule has 0 bridgehead atoms. The molecule has 1 N–H and O–H groups in total. The van der Waals surface area contributed by atoms with E-state index in [9.17, 15) is 4.39 Å². The summed E-state index contributed by atoms with van der Waals surface area (Å²) in [5.74, 6) is 1.22. The van der Waals surface area contributed by atoms with Gasteiger partial charge in [0, 0.05) is 17.7 Å². The zero-order valence-electron chi connectivity index (χ0n) is 11.0. The van der Waals surface area contributed by atoms with Gasteiger partial charge in [-0.25, -0.2) is 14.4 Å². The van der Waals surface area contributed by atoms with Crippen LogP contribution in [0.2, 0.25) is 5.15 Å². The first-order chi connectivity index (χ1) is 8.95. The zero-order valence-corrected chi connectivity index (χ0v) is 11.8. The van der Waals surface area contributed by atoms with Gasteiger partial charge < -0.3 is 5.32 Å². The number of nitrogens with zero attached hydrogens (tertiary/aromatic N) is 2. The number of hydrogen-bond acceptors (Lipinski definition) is 3. The van der Waals surface area contributed by atoms with Gasteiger partial charge in [-0.15, -0.1) is 0 Å². The van der Waals surface area contributed by atoms with Gasteiger partial charge in [0.15, 0.2) is 0 Å². The van der Waals surface area contributed by atoms with Crippen LogP contribution >= 0.6 is 11.6 Å². The molecule has 19 heavy (non-hydrogen) atoms. The average Bonchev–Trinajstić information content (AvgIpc) is 2.32. The molecule has 0 saturated carbocycles. The van der Waals surface area contributed by atoms with Crippen molar-refractivity contribution in [2.75, 3.05) is 5.32 Å². The molecule has 0 amide bonds. The number of aryl methyl sites for hydroxylation is 1. The van der Waals surface area contributed by atoms with Gasteiger partial charge in [-0.05, 0) is 30.7 Å². The molecule has 2 rings (SSSR count). The van der Waals surface area contributed by atoms with Crippen LogP contribution in [-0.2, 0) is 0 Å². The van der Waals surface area contributed by atoms with E-state index in [1.54, 1.807) is 12.1 Å². The Morgan fingerprint density at radius 3 is 2.58 bits per heavy atom. The van der Waals surface area contributed by atoms with Crippen LogP contribution in [-0.4, -0.2) is 9.97 Å². The van der Waals surface area contributed by atoms with Crippen LogP contribution < -0.4 is 5.32 Å². The van der Waals surface area contributed by atoms with Gasteiger partial charge in [-0.3, -0.25) is 0 Å². The summed E-state index contributed by atoms with van der Waals surface area (Å²) in [6, 6.07) is 6.20. The van der Waals surface area contributed by atoms with E-state index in [0.29, 0.717) is 16.8 Å². The predicted octanol–water partition coefficient (Wildman–Crippen LogP) is 4.44. The second-order valence-corrected chi connectivity index (χ2v) is 5.06. The highest BCUT2D eigenvalue weighted by atomic mass is 35.5. The number of anilines is 2. The van der Waals surface area contributed by atoms with Crippen LogP contribution in [0.4, 0.5) is 15.9 Å². The largest absolute Gasteiger partial charge is 0.340 e. The molecule has 5 heteroatoms. The molecule has 0 aliphatic rings. The second kappa shape index (κ2) is 5.53. The summed E-state index contributed by atoms with van der Waals surface area (Å²) in [7, 11) is 0. The predicted molar refractivity (Wildman–Crippen MR) is 75.6 cm³/mol. The Morgan fingerprint density at radius 2 is 1.95 bits per heavy atom. The topological polar surface area (TPSA) is 37.8 Å². The Balaban J connectivity index is 2.32. The molecule has 1 aromatic heterocycles. The number of halogens is 2. The molecule has 0 fully saturated rings. The minimum Gasteiger partial charge on any atom is -0.340 e. The van der Waals surface area contributed by atoms with Crippen molar-refractivity contribution in [3.05, 3.63) is 46.6 Å². The second-order valence-electron chi connectivity index (χ2n) is 4.67. The van der Waals surface area contributed by atoms with Crippen molar-refractivity contribution in [1.29, 1.82) is 0 Å². The summed E-state index contributed by atoms with van der Waals surface area (Å²) in [5, 5.41) is 3.52. The normalized spacial score (nSPS) is 10.8. The van der Waals surface area contributed by atoms with Gasteiger partial charge in [-0.2, -0.15) is 0 Å². The molecule has 0 unspecified atom stereocenters. The Hall–Kier alpha value is -1.68. The maximum absolute atomic E-state index is 13.0. The van der Waals surface area contributed by atoms with Crippen LogP contribution in [0.25, 0.3) is 0 Å². The lowest BCUT2D eigenvalue weighted by atomic mass is 10.2. The van der Waals surface area contributed by atoms with Crippen LogP contribution in [0.15, 0.2) is 24.3 Å². The summed E-state index contributed by atoms with van der Waals surface area (Å²) >= 11 is 5.97. The van der Waals surface area contributed by atoms with E-state index in [0.717, 1.165) is 11.3 Å². The fourth-order valence-corrected chi connectivity index (χ4v) is 1.85. The van der Waals surface area contributed by atoms with Gasteiger partial charge in [0.05, 0.1) is 0 Å². The first-order valence-corrected chi connectivity index (χ1v) is 6.41. The van der Waals surface area contributed by atoms with Crippen LogP contribution in [0.5, 0.6) is 0 Å². The van der Waals surface area contributed by atoms with E-state index in [2.05, 4.69) is 15.3 Å². The van der Waals surface area contributed by atoms with Crippen molar-refractivity contribution in [2.45, 2.75) is 26.7 Å². The third-order valence-electron chi connectivity index (χ3n) is 2.68. The van der Waals surface area contributed by atoms with Gasteiger partial charge in [0.1, 0.15) is 22.6 Å². The van der Waals surface area contributed by atoms with Crippen molar-refractivity contribution in [1.82, 2.24) is 9.97 Å². The Bertz CT molecular complexity index is 599. The summed E-state index contributed by atoms with van der Waals surface area (Å²) < 4.78 is 13.0. The average molecular weight is 280 g/mol. The first kappa shape index (κ1) is 13.7. The van der Waals surface area contributed by atoms with E-state index >= 15 is 0 Å². The number of rotatable bonds is 3. The maximum Gasteiger partial charge on any atom is 0.135 e. The maximum atomic E-state index is 13.0. The standard InChI is InChI=1S/C14H15ClFN3/c1-8(2)14-18-12(15)7-13(19-14)17-11-5-4-10(16)6-9(11)3/h4-8H,1-3H3,(H,17,18,19). The molecule has 2 aromatic rings. The molecule has 0 radical (unpaired) electrons. The summed E-state index contributed by atoms with van der Waals surface area (Å²) in [5.41, 5.74) is 1.60. The highest BCUT2D eigenvalue weighted by Gasteiger charge is 2.08. The van der Waals surface area contributed by atoms with Gasteiger partial charge in [0.2, 0.25) is 0 Å². The number of nitrogens with one attached hydrogen (secondary N) is 1. The number of aromatic nitrogens is 2. The molecule has 0 aliphatic carbocycles. The van der Waals surface area contributed by atoms with Gasteiger partial charge in [-0.1, -0.05) is 25.4 Å². The molecule has 0 atom stereocenters. The van der Waals surface area contributed by atoms with Gasteiger partial charge in [0.25, 0.3) is 0 Å². The SMILES string of the molecule is Cc1cc(F)ccc1Nc1cc(Cl)nc(C(C)C)n1. The van der Waals surface area contributed by atoms with Crippen molar-refractivity contribution in [3.8, 4) is 0 Å². The van der Waals surface area contributed by atoms with Crippen LogP contribution in [0, 0.1) is 12.7 Å². The molecular weight excluding hydrogens is 265 g/mol. The lowest BCUT2D eigenvalue weighted by Gasteiger charge is -2.11. The lowest BCUT2D eigenvalue weighted by Crippen LogP contribution is -2.03. The first-order valence-electron chi connectivity index (χ1n) is 6.03. The quantitative estimate of drug-likeness (QED) is 0.844. The smallest absolute Gasteiger partial charge is 0.135 e. The summed E-state index contributed by atoms with van der Waals surface area (Å²) in [6.07, 6.45) is 0. The minimum atomic E-state index is -0.258. The van der Waals surface area contributed by atoms with Crippen LogP contribution in [0.3, 0.4) is 0 Å². The minimum absolute atomic E-state index is 0.188. The van der Waals surface area contributed by atoms with Crippen molar-refractivity contribution in [3.63, 3.8) is 0 Å². The Labute approximate surface area is 116 Å². The fourth-order valence-electron chi connectivity index (χ4n) is 1.66. The summed E-state index contributed by atoms with van der Waals surface area (Å²) in [4.78, 5) is 8.56. The molecule has 0 aliphatic heterocycles. The molecular formula is C14H15ClFN3. The number of benzene rings is 1. The molecule has 3 nitrogen and oxygen atoms in total. The van der Waals surface area contributed by atoms with Crippen molar-refractivity contribution < 1.29 is 4.39 Å². The monoisotopic (exact) mass is 279 g/mol. The van der Waals surface area contributed by atoms with E-state index in [4.69, 9.17) is 11.6 Å². The van der Waals surface area contributed by atoms with Crippen molar-refractivity contribution in [2.24, 2.45) is 0 Å². The Morgan fingerprint density at radius 1 is 1.21 bits per heavy atom.